The molecule has 5 aromatic carbocycles. The number of nitrogens with two attached hydrogens (primary N) is 1. The third kappa shape index (κ3) is 6.18. The maximum Gasteiger partial charge on any atom is 0.296 e. The zero-order valence-corrected chi connectivity index (χ0v) is 24.8. The molecule has 5 rings (SSSR count). The number of benzene rings is 5. The van der Waals surface area contributed by atoms with Gasteiger partial charge in [-0.2, -0.15) is 21.9 Å². The van der Waals surface area contributed by atoms with Crippen molar-refractivity contribution in [2.45, 2.75) is 14.7 Å². The summed E-state index contributed by atoms with van der Waals surface area (Å²) in [7, 11) is -7.74. The van der Waals surface area contributed by atoms with Gasteiger partial charge >= 0.3 is 0 Å². The smallest absolute Gasteiger partial charge is 0.296 e. The molecule has 14 nitrogen and oxygen atoms in total. The molecule has 0 aliphatic rings. The first-order valence-electron chi connectivity index (χ1n) is 12.2. The second-order valence-corrected chi connectivity index (χ2v) is 12.6. The molecule has 6 N–H and O–H groups in total. The fourth-order valence-corrected chi connectivity index (χ4v) is 5.82. The maximum absolute atomic E-state index is 11.9. The summed E-state index contributed by atoms with van der Waals surface area (Å²) in [5.74, 6) is 0.123. The van der Waals surface area contributed by atoms with E-state index >= 15 is 0 Å². The zero-order chi connectivity index (χ0) is 31.8. The minimum Gasteiger partial charge on any atom is -0.505 e. The molecule has 0 aromatic heterocycles. The Bertz CT molecular complexity index is 2220. The summed E-state index contributed by atoms with van der Waals surface area (Å²) < 4.78 is 81.3. The van der Waals surface area contributed by atoms with Crippen molar-refractivity contribution in [2.75, 3.05) is 12.8 Å². The van der Waals surface area contributed by atoms with Gasteiger partial charge in [-0.15, -0.1) is 15.3 Å². The number of phenolic OH excluding ortho intramolecular Hbond substituents is 1. The van der Waals surface area contributed by atoms with E-state index in [9.17, 15) is 35.6 Å². The summed E-state index contributed by atoms with van der Waals surface area (Å²) in [6, 6.07) is 17.0. The molecule has 0 amide bonds. The Labute approximate surface area is 254 Å². The zero-order valence-electron chi connectivity index (χ0n) is 22.3. The topological polar surface area (TPSA) is 234 Å². The van der Waals surface area contributed by atoms with E-state index in [4.69, 9.17) is 10.5 Å². The molecule has 0 saturated heterocycles. The first-order chi connectivity index (χ1) is 20.8. The molecule has 5 aromatic rings. The van der Waals surface area contributed by atoms with E-state index in [-0.39, 0.29) is 50.2 Å². The first-order valence-corrected chi connectivity index (χ1v) is 15.9. The number of fused-ring (bicyclic) bond motifs is 2. The van der Waals surface area contributed by atoms with Gasteiger partial charge in [-0.25, -0.2) is 0 Å². The summed E-state index contributed by atoms with van der Waals surface area (Å²) in [5.41, 5.74) is 6.17. The SMILES string of the molecule is COc1ccc(N=Nc2ccc(N=Nc3c(SO)cc4cc(S(=O)(=O)O)c(N)cc4c3O)c3cc(S(=O)(=O)O)ccc23)cc1. The molecule has 0 aliphatic carbocycles. The van der Waals surface area contributed by atoms with Crippen LogP contribution in [-0.4, -0.2) is 42.7 Å². The van der Waals surface area contributed by atoms with Gasteiger partial charge in [0.1, 0.15) is 16.3 Å². The second-order valence-electron chi connectivity index (χ2n) is 9.13. The fourth-order valence-electron chi connectivity index (χ4n) is 4.28. The van der Waals surface area contributed by atoms with Crippen molar-refractivity contribution in [3.8, 4) is 11.5 Å². The lowest BCUT2D eigenvalue weighted by Crippen LogP contribution is -2.03. The highest BCUT2D eigenvalue weighted by Crippen LogP contribution is 2.45. The van der Waals surface area contributed by atoms with Gasteiger partial charge in [-0.3, -0.25) is 9.11 Å². The van der Waals surface area contributed by atoms with Gasteiger partial charge in [0.2, 0.25) is 0 Å². The van der Waals surface area contributed by atoms with Crippen LogP contribution < -0.4 is 10.5 Å². The molecular formula is C27H21N5O9S3. The van der Waals surface area contributed by atoms with Crippen molar-refractivity contribution in [1.82, 2.24) is 0 Å². The number of phenols is 1. The number of nitrogens with zero attached hydrogens (tertiary/aromatic N) is 4. The standard InChI is InChI=1S/C27H21N5O9S3/c1-41-16-4-2-15(3-5-16)29-30-22-8-9-23(20-12-17(43(35,36)37)6-7-18(20)22)31-32-26-24(42-34)10-14-11-25(44(38,39)40)21(28)13-19(14)27(26)33/h2-13,33-34H,28H2,1H3,(H,35,36,37)(H,38,39,40). The average molecular weight is 656 g/mol. The molecule has 226 valence electrons. The monoisotopic (exact) mass is 655 g/mol. The molecule has 0 aliphatic heterocycles. The predicted octanol–water partition coefficient (Wildman–Crippen LogP) is 7.18. The van der Waals surface area contributed by atoms with Crippen molar-refractivity contribution in [1.29, 1.82) is 0 Å². The Balaban J connectivity index is 1.64. The van der Waals surface area contributed by atoms with E-state index in [1.807, 2.05) is 0 Å². The molecule has 17 heteroatoms. The number of hydrogen-bond acceptors (Lipinski definition) is 13. The molecular weight excluding hydrogens is 635 g/mol. The molecule has 0 saturated carbocycles. The van der Waals surface area contributed by atoms with Crippen molar-refractivity contribution in [3.05, 3.63) is 72.8 Å². The lowest BCUT2D eigenvalue weighted by Gasteiger charge is -2.11. The molecule has 0 atom stereocenters. The number of aromatic hydroxyl groups is 1. The number of ether oxygens (including phenoxy) is 1. The average Bonchev–Trinajstić information content (AvgIpc) is 2.98. The minimum atomic E-state index is -4.67. The first kappa shape index (κ1) is 30.8. The van der Waals surface area contributed by atoms with Gasteiger partial charge < -0.3 is 20.1 Å². The molecule has 44 heavy (non-hydrogen) atoms. The Morgan fingerprint density at radius 3 is 2.02 bits per heavy atom. The van der Waals surface area contributed by atoms with Gasteiger partial charge in [0, 0.05) is 28.2 Å². The number of nitrogen functional groups attached to an aromatic ring is 1. The lowest BCUT2D eigenvalue weighted by molar-refractivity contribution is 0.415. The number of methoxy groups -OCH3 is 1. The lowest BCUT2D eigenvalue weighted by atomic mass is 10.1. The Kier molecular flexibility index (Phi) is 8.25. The predicted molar refractivity (Wildman–Crippen MR) is 163 cm³/mol. The normalized spacial score (nSPS) is 12.5. The number of azo groups is 2. The number of hydrogen-bond donors (Lipinski definition) is 5. The van der Waals surface area contributed by atoms with Crippen LogP contribution in [0.5, 0.6) is 11.5 Å². The highest BCUT2D eigenvalue weighted by atomic mass is 32.2. The van der Waals surface area contributed by atoms with E-state index in [2.05, 4.69) is 20.5 Å². The van der Waals surface area contributed by atoms with Crippen LogP contribution in [0.3, 0.4) is 0 Å². The third-order valence-corrected chi connectivity index (χ3v) is 8.67. The molecule has 0 fully saturated rings. The minimum absolute atomic E-state index is 0.0300. The van der Waals surface area contributed by atoms with Gasteiger partial charge in [-0.05, 0) is 72.1 Å². The Morgan fingerprint density at radius 2 is 1.41 bits per heavy atom. The Morgan fingerprint density at radius 1 is 0.750 bits per heavy atom. The van der Waals surface area contributed by atoms with Crippen LogP contribution in [0, 0.1) is 0 Å². The summed E-state index contributed by atoms with van der Waals surface area (Å²) in [4.78, 5) is -1.04. The van der Waals surface area contributed by atoms with Gasteiger partial charge in [0.15, 0.2) is 5.75 Å². The van der Waals surface area contributed by atoms with Crippen LogP contribution >= 0.6 is 12.0 Å². The number of rotatable bonds is 8. The second kappa shape index (κ2) is 11.8. The van der Waals surface area contributed by atoms with Crippen LogP contribution in [0.25, 0.3) is 21.5 Å². The van der Waals surface area contributed by atoms with Gasteiger partial charge in [0.25, 0.3) is 20.2 Å². The molecule has 0 bridgehead atoms. The molecule has 0 radical (unpaired) electrons. The summed E-state index contributed by atoms with van der Waals surface area (Å²) in [5, 5.41) is 28.5. The van der Waals surface area contributed by atoms with Gasteiger partial charge in [-0.1, -0.05) is 6.07 Å². The summed E-state index contributed by atoms with van der Waals surface area (Å²) in [6.45, 7) is 0. The summed E-state index contributed by atoms with van der Waals surface area (Å²) in [6.07, 6.45) is 0. The van der Waals surface area contributed by atoms with Crippen molar-refractivity contribution >= 4 is 82.3 Å². The van der Waals surface area contributed by atoms with Crippen LogP contribution in [-0.2, 0) is 20.2 Å². The molecule has 0 unspecified atom stereocenters. The van der Waals surface area contributed by atoms with E-state index in [0.29, 0.717) is 22.5 Å². The van der Waals surface area contributed by atoms with Gasteiger partial charge in [0.05, 0.1) is 39.7 Å². The van der Waals surface area contributed by atoms with Crippen molar-refractivity contribution in [2.24, 2.45) is 20.5 Å². The van der Waals surface area contributed by atoms with Crippen LogP contribution in [0.15, 0.2) is 108 Å². The molecule has 0 heterocycles. The van der Waals surface area contributed by atoms with Crippen molar-refractivity contribution < 1.29 is 40.3 Å². The van der Waals surface area contributed by atoms with E-state index in [1.165, 1.54) is 37.4 Å². The van der Waals surface area contributed by atoms with Crippen LogP contribution in [0.4, 0.5) is 28.4 Å². The summed E-state index contributed by atoms with van der Waals surface area (Å²) >= 11 is 0.191. The quantitative estimate of drug-likeness (QED) is 0.0486. The van der Waals surface area contributed by atoms with E-state index in [0.717, 1.165) is 12.1 Å². The third-order valence-electron chi connectivity index (χ3n) is 6.40. The van der Waals surface area contributed by atoms with Crippen LogP contribution in [0.1, 0.15) is 0 Å². The number of anilines is 1. The fraction of sp³-hybridized carbons (Fsp3) is 0.0370. The largest absolute Gasteiger partial charge is 0.505 e. The maximum atomic E-state index is 11.9. The van der Waals surface area contributed by atoms with E-state index < -0.39 is 35.8 Å². The Hall–Kier alpha value is -4.65. The van der Waals surface area contributed by atoms with Crippen LogP contribution in [0.2, 0.25) is 0 Å². The molecule has 0 spiro atoms. The van der Waals surface area contributed by atoms with Crippen molar-refractivity contribution in [3.63, 3.8) is 0 Å². The highest BCUT2D eigenvalue weighted by Gasteiger charge is 2.20. The highest BCUT2D eigenvalue weighted by molar-refractivity contribution is 7.94. The van der Waals surface area contributed by atoms with E-state index in [1.54, 1.807) is 30.3 Å².